The van der Waals surface area contributed by atoms with Crippen LogP contribution in [-0.4, -0.2) is 48.5 Å². The van der Waals surface area contributed by atoms with E-state index in [2.05, 4.69) is 15.0 Å². The number of methoxy groups -OCH3 is 2. The number of hydrogen-bond donors (Lipinski definition) is 2. The Balaban J connectivity index is 1.69. The third-order valence-electron chi connectivity index (χ3n) is 7.27. The minimum Gasteiger partial charge on any atom is -0.496 e. The highest BCUT2D eigenvalue weighted by molar-refractivity contribution is 7.92. The lowest BCUT2D eigenvalue weighted by atomic mass is 9.96. The van der Waals surface area contributed by atoms with Crippen molar-refractivity contribution in [2.24, 2.45) is 0 Å². The zero-order valence-corrected chi connectivity index (χ0v) is 25.7. The van der Waals surface area contributed by atoms with E-state index < -0.39 is 21.0 Å². The minimum absolute atomic E-state index is 0.0930. The number of ether oxygens (including phenoxy) is 2. The van der Waals surface area contributed by atoms with Crippen molar-refractivity contribution in [2.45, 2.75) is 25.9 Å². The molecular formula is C29H30N6O6S2. The van der Waals surface area contributed by atoms with Crippen LogP contribution in [0.2, 0.25) is 0 Å². The normalized spacial score (nSPS) is 16.6. The Kier molecular flexibility index (Phi) is 7.99. The van der Waals surface area contributed by atoms with Gasteiger partial charge >= 0.3 is 0 Å². The summed E-state index contributed by atoms with van der Waals surface area (Å²) in [4.78, 5) is 18.2. The molecule has 2 atom stereocenters. The number of benzene rings is 2. The Morgan fingerprint density at radius 1 is 1.07 bits per heavy atom. The van der Waals surface area contributed by atoms with Crippen LogP contribution in [0.4, 0.5) is 17.1 Å². The van der Waals surface area contributed by atoms with Gasteiger partial charge in [-0.25, -0.2) is 8.42 Å². The molecule has 4 aromatic rings. The smallest absolute Gasteiger partial charge is 0.296 e. The van der Waals surface area contributed by atoms with E-state index in [-0.39, 0.29) is 17.4 Å². The first kappa shape index (κ1) is 29.8. The first-order valence-corrected chi connectivity index (χ1v) is 15.4. The van der Waals surface area contributed by atoms with E-state index in [1.165, 1.54) is 20.3 Å². The van der Waals surface area contributed by atoms with Crippen molar-refractivity contribution in [1.82, 2.24) is 14.9 Å². The molecule has 0 unspecified atom stereocenters. The topological polar surface area (TPSA) is 141 Å². The fourth-order valence-corrected chi connectivity index (χ4v) is 6.40. The lowest BCUT2D eigenvalue weighted by Crippen LogP contribution is -2.29. The summed E-state index contributed by atoms with van der Waals surface area (Å²) in [5.41, 5.74) is 4.41. The number of sulfonamides is 1. The van der Waals surface area contributed by atoms with Crippen LogP contribution >= 0.6 is 12.2 Å². The van der Waals surface area contributed by atoms with Crippen LogP contribution in [0.25, 0.3) is 5.69 Å². The summed E-state index contributed by atoms with van der Waals surface area (Å²) in [6.45, 7) is 3.80. The van der Waals surface area contributed by atoms with E-state index in [0.29, 0.717) is 28.0 Å². The molecule has 2 N–H and O–H groups in total. The molecule has 0 saturated carbocycles. The lowest BCUT2D eigenvalue weighted by Gasteiger charge is -2.29. The van der Waals surface area contributed by atoms with Crippen LogP contribution in [0.15, 0.2) is 66.9 Å². The SMILES string of the molecule is COc1ccc(-n2c(C)cc([C@@H]3[C@@H](c4ccccn4)NC(=S)N3c3ccc(NS(C)(=O)=O)c(OC)c3)c2C)c([N+](=O)[O-])c1. The van der Waals surface area contributed by atoms with Gasteiger partial charge in [-0.2, -0.15) is 0 Å². The molecule has 2 aromatic heterocycles. The Morgan fingerprint density at radius 2 is 1.84 bits per heavy atom. The molecule has 3 heterocycles. The maximum atomic E-state index is 12.1. The quantitative estimate of drug-likeness (QED) is 0.149. The number of anilines is 2. The first-order chi connectivity index (χ1) is 20.4. The number of aryl methyl sites for hydroxylation is 1. The van der Waals surface area contributed by atoms with E-state index in [0.717, 1.165) is 28.9 Å². The fraction of sp³-hybridized carbons (Fsp3) is 0.241. The molecule has 1 saturated heterocycles. The molecule has 0 aliphatic carbocycles. The molecule has 5 rings (SSSR count). The van der Waals surface area contributed by atoms with Crippen LogP contribution in [0, 0.1) is 24.0 Å². The van der Waals surface area contributed by atoms with Crippen LogP contribution in [0.5, 0.6) is 11.5 Å². The molecule has 43 heavy (non-hydrogen) atoms. The molecular weight excluding hydrogens is 592 g/mol. The van der Waals surface area contributed by atoms with Crippen molar-refractivity contribution < 1.29 is 22.8 Å². The Morgan fingerprint density at radius 3 is 2.47 bits per heavy atom. The molecule has 12 nitrogen and oxygen atoms in total. The van der Waals surface area contributed by atoms with Crippen molar-refractivity contribution in [3.63, 3.8) is 0 Å². The third-order valence-corrected chi connectivity index (χ3v) is 8.17. The summed E-state index contributed by atoms with van der Waals surface area (Å²) in [6.07, 6.45) is 2.77. The predicted molar refractivity (Wildman–Crippen MR) is 168 cm³/mol. The number of rotatable bonds is 9. The lowest BCUT2D eigenvalue weighted by molar-refractivity contribution is -0.384. The zero-order chi connectivity index (χ0) is 31.1. The van der Waals surface area contributed by atoms with Crippen molar-refractivity contribution in [3.8, 4) is 17.2 Å². The van der Waals surface area contributed by atoms with Crippen LogP contribution in [0.1, 0.15) is 34.7 Å². The number of nitro benzene ring substituents is 1. The van der Waals surface area contributed by atoms with E-state index in [1.54, 1.807) is 36.5 Å². The largest absolute Gasteiger partial charge is 0.496 e. The highest BCUT2D eigenvalue weighted by atomic mass is 32.2. The van der Waals surface area contributed by atoms with Gasteiger partial charge in [0.15, 0.2) is 5.11 Å². The fourth-order valence-electron chi connectivity index (χ4n) is 5.49. The Hall–Kier alpha value is -4.69. The monoisotopic (exact) mass is 622 g/mol. The second kappa shape index (κ2) is 11.5. The molecule has 1 aliphatic rings. The van der Waals surface area contributed by atoms with Gasteiger partial charge in [0, 0.05) is 29.3 Å². The molecule has 0 amide bonds. The maximum absolute atomic E-state index is 12.1. The standard InChI is InChI=1S/C29H30N6O6S2/c1-17-14-21(18(2)33(17)24-12-10-20(40-3)16-25(24)35(36)37)28-27(23-8-6-7-13-30-23)31-29(42)34(28)19-9-11-22(26(15-19)41-4)32-43(5,38)39/h6-16,27-28,32H,1-5H3,(H,31,42)/t27-,28-/m1/s1. The van der Waals surface area contributed by atoms with Gasteiger partial charge in [-0.1, -0.05) is 6.07 Å². The van der Waals surface area contributed by atoms with Gasteiger partial charge in [0.1, 0.15) is 17.2 Å². The summed E-state index contributed by atoms with van der Waals surface area (Å²) in [5, 5.41) is 15.9. The number of thiocarbonyl (C=S) groups is 1. The molecule has 224 valence electrons. The number of pyridine rings is 1. The third kappa shape index (κ3) is 5.70. The maximum Gasteiger partial charge on any atom is 0.296 e. The molecule has 0 radical (unpaired) electrons. The number of hydrogen-bond acceptors (Lipinski definition) is 8. The van der Waals surface area contributed by atoms with Gasteiger partial charge in [-0.3, -0.25) is 19.8 Å². The van der Waals surface area contributed by atoms with Crippen molar-refractivity contribution >= 4 is 44.4 Å². The van der Waals surface area contributed by atoms with Gasteiger partial charge in [-0.15, -0.1) is 0 Å². The van der Waals surface area contributed by atoms with Gasteiger partial charge < -0.3 is 24.3 Å². The molecule has 1 aliphatic heterocycles. The molecule has 0 bridgehead atoms. The summed E-state index contributed by atoms with van der Waals surface area (Å²) in [6, 6.07) is 16.7. The average Bonchev–Trinajstić information content (AvgIpc) is 3.47. The van der Waals surface area contributed by atoms with E-state index in [4.69, 9.17) is 21.7 Å². The Labute approximate surface area is 254 Å². The van der Waals surface area contributed by atoms with Gasteiger partial charge in [0.2, 0.25) is 10.0 Å². The van der Waals surface area contributed by atoms with Crippen molar-refractivity contribution in [1.29, 1.82) is 0 Å². The Bertz CT molecular complexity index is 1830. The number of nitrogens with one attached hydrogen (secondary N) is 2. The van der Waals surface area contributed by atoms with Gasteiger partial charge in [0.05, 0.1) is 54.9 Å². The zero-order valence-electron chi connectivity index (χ0n) is 24.1. The summed E-state index contributed by atoms with van der Waals surface area (Å²) in [5.74, 6) is 0.692. The van der Waals surface area contributed by atoms with Gasteiger partial charge in [-0.05, 0) is 74.1 Å². The first-order valence-electron chi connectivity index (χ1n) is 13.1. The number of aromatic nitrogens is 2. The second-order valence-electron chi connectivity index (χ2n) is 10.0. The molecule has 2 aromatic carbocycles. The predicted octanol–water partition coefficient (Wildman–Crippen LogP) is 4.96. The van der Waals surface area contributed by atoms with Crippen LogP contribution < -0.4 is 24.4 Å². The molecule has 0 spiro atoms. The van der Waals surface area contributed by atoms with E-state index in [9.17, 15) is 18.5 Å². The molecule has 1 fully saturated rings. The summed E-state index contributed by atoms with van der Waals surface area (Å²) < 4.78 is 38.9. The van der Waals surface area contributed by atoms with Crippen LogP contribution in [0.3, 0.4) is 0 Å². The average molecular weight is 623 g/mol. The minimum atomic E-state index is -3.55. The second-order valence-corrected chi connectivity index (χ2v) is 12.2. The summed E-state index contributed by atoms with van der Waals surface area (Å²) in [7, 11) is -0.630. The molecule has 14 heteroatoms. The number of nitro groups is 1. The number of nitrogens with zero attached hydrogens (tertiary/aromatic N) is 4. The van der Waals surface area contributed by atoms with E-state index in [1.807, 2.05) is 47.6 Å². The summed E-state index contributed by atoms with van der Waals surface area (Å²) >= 11 is 5.86. The van der Waals surface area contributed by atoms with Crippen molar-refractivity contribution in [3.05, 3.63) is 99.6 Å². The highest BCUT2D eigenvalue weighted by Crippen LogP contribution is 2.45. The van der Waals surface area contributed by atoms with E-state index >= 15 is 0 Å². The van der Waals surface area contributed by atoms with Gasteiger partial charge in [0.25, 0.3) is 5.69 Å². The van der Waals surface area contributed by atoms with Crippen LogP contribution in [-0.2, 0) is 10.0 Å². The highest BCUT2D eigenvalue weighted by Gasteiger charge is 2.42. The van der Waals surface area contributed by atoms with Crippen molar-refractivity contribution in [2.75, 3.05) is 30.1 Å².